The molecule has 0 aliphatic heterocycles. The van der Waals surface area contributed by atoms with Gasteiger partial charge in [0.05, 0.1) is 5.75 Å². The van der Waals surface area contributed by atoms with Gasteiger partial charge in [-0.2, -0.15) is 0 Å². The average molecular weight is 467 g/mol. The molecular weight excluding hydrogens is 439 g/mol. The number of carbonyl (C=O) groups excluding carboxylic acids is 2. The zero-order valence-electron chi connectivity index (χ0n) is 17.5. The Morgan fingerprint density at radius 3 is 2.23 bits per heavy atom. The van der Waals surface area contributed by atoms with Gasteiger partial charge < -0.3 is 10.2 Å². The van der Waals surface area contributed by atoms with Gasteiger partial charge >= 0.3 is 0 Å². The summed E-state index contributed by atoms with van der Waals surface area (Å²) < 4.78 is 0. The lowest BCUT2D eigenvalue weighted by Gasteiger charge is -2.31. The van der Waals surface area contributed by atoms with Gasteiger partial charge in [0.25, 0.3) is 0 Å². The van der Waals surface area contributed by atoms with Crippen molar-refractivity contribution < 1.29 is 9.59 Å². The summed E-state index contributed by atoms with van der Waals surface area (Å²) in [5.41, 5.74) is 1.80. The minimum absolute atomic E-state index is 0.0140. The summed E-state index contributed by atoms with van der Waals surface area (Å²) in [5, 5.41) is 3.89. The third-order valence-corrected chi connectivity index (χ3v) is 6.24. The monoisotopic (exact) mass is 466 g/mol. The molecule has 1 N–H and O–H groups in total. The van der Waals surface area contributed by atoms with Crippen LogP contribution >= 0.6 is 35.0 Å². The lowest BCUT2D eigenvalue weighted by atomic mass is 10.1. The van der Waals surface area contributed by atoms with Gasteiger partial charge in [0.1, 0.15) is 6.04 Å². The summed E-state index contributed by atoms with van der Waals surface area (Å²) in [5.74, 6) is 0.708. The number of hydrogen-bond donors (Lipinski definition) is 1. The van der Waals surface area contributed by atoms with Crippen LogP contribution in [0.25, 0.3) is 0 Å². The van der Waals surface area contributed by atoms with Gasteiger partial charge in [-0.25, -0.2) is 0 Å². The van der Waals surface area contributed by atoms with Crippen molar-refractivity contribution in [2.45, 2.75) is 51.6 Å². The molecule has 0 spiro atoms. The number of hydrogen-bond acceptors (Lipinski definition) is 3. The maximum Gasteiger partial charge on any atom is 0.243 e. The van der Waals surface area contributed by atoms with Crippen LogP contribution in [0.2, 0.25) is 10.0 Å². The van der Waals surface area contributed by atoms with Crippen LogP contribution in [0.4, 0.5) is 0 Å². The second-order valence-corrected chi connectivity index (χ2v) is 9.09. The molecule has 4 nitrogen and oxygen atoms in total. The van der Waals surface area contributed by atoms with Gasteiger partial charge in [0, 0.05) is 33.9 Å². The van der Waals surface area contributed by atoms with E-state index in [0.29, 0.717) is 22.0 Å². The van der Waals surface area contributed by atoms with Crippen LogP contribution in [0.3, 0.4) is 0 Å². The van der Waals surface area contributed by atoms with Crippen molar-refractivity contribution in [3.63, 3.8) is 0 Å². The van der Waals surface area contributed by atoms with Crippen LogP contribution in [0.15, 0.2) is 48.5 Å². The standard InChI is InChI=1S/C23H28Cl2N2O2S/c1-4-21(23(29)26-16(2)3)27(13-18-19(24)11-8-12-20(18)25)22(28)15-30-14-17-9-6-5-7-10-17/h5-12,16,21H,4,13-15H2,1-3H3,(H,26,29)/t21-/m1/s1. The number of thioether (sulfide) groups is 1. The largest absolute Gasteiger partial charge is 0.352 e. The normalized spacial score (nSPS) is 11.9. The highest BCUT2D eigenvalue weighted by Gasteiger charge is 2.29. The predicted octanol–water partition coefficient (Wildman–Crippen LogP) is 5.56. The maximum absolute atomic E-state index is 13.2. The van der Waals surface area contributed by atoms with Crippen LogP contribution in [0.1, 0.15) is 38.3 Å². The van der Waals surface area contributed by atoms with E-state index in [9.17, 15) is 9.59 Å². The van der Waals surface area contributed by atoms with E-state index in [0.717, 1.165) is 11.3 Å². The fourth-order valence-corrected chi connectivity index (χ4v) is 4.45. The highest BCUT2D eigenvalue weighted by molar-refractivity contribution is 7.99. The number of halogens is 2. The summed E-state index contributed by atoms with van der Waals surface area (Å²) in [7, 11) is 0. The third kappa shape index (κ3) is 7.22. The van der Waals surface area contributed by atoms with Crippen molar-refractivity contribution in [2.24, 2.45) is 0 Å². The van der Waals surface area contributed by atoms with Crippen molar-refractivity contribution >= 4 is 46.8 Å². The molecule has 0 heterocycles. The minimum atomic E-state index is -0.593. The number of benzene rings is 2. The Kier molecular flexibility index (Phi) is 10.0. The molecule has 0 radical (unpaired) electrons. The molecule has 0 bridgehead atoms. The minimum Gasteiger partial charge on any atom is -0.352 e. The smallest absolute Gasteiger partial charge is 0.243 e. The summed E-state index contributed by atoms with van der Waals surface area (Å²) in [6.07, 6.45) is 0.496. The number of rotatable bonds is 10. The van der Waals surface area contributed by atoms with Crippen molar-refractivity contribution in [3.05, 3.63) is 69.7 Å². The Balaban J connectivity index is 2.20. The van der Waals surface area contributed by atoms with Crippen LogP contribution in [0, 0.1) is 0 Å². The molecule has 30 heavy (non-hydrogen) atoms. The molecule has 0 fully saturated rings. The molecule has 2 aromatic carbocycles. The van der Waals surface area contributed by atoms with Crippen LogP contribution < -0.4 is 5.32 Å². The molecule has 0 unspecified atom stereocenters. The molecule has 7 heteroatoms. The molecule has 162 valence electrons. The van der Waals surface area contributed by atoms with E-state index >= 15 is 0 Å². The highest BCUT2D eigenvalue weighted by Crippen LogP contribution is 2.27. The Morgan fingerprint density at radius 1 is 1.03 bits per heavy atom. The maximum atomic E-state index is 13.2. The lowest BCUT2D eigenvalue weighted by Crippen LogP contribution is -2.51. The number of nitrogens with zero attached hydrogens (tertiary/aromatic N) is 1. The molecule has 2 aromatic rings. The first-order valence-electron chi connectivity index (χ1n) is 9.97. The fraction of sp³-hybridized carbons (Fsp3) is 0.391. The predicted molar refractivity (Wildman–Crippen MR) is 127 cm³/mol. The van der Waals surface area contributed by atoms with E-state index in [-0.39, 0.29) is 30.2 Å². The van der Waals surface area contributed by atoms with Crippen LogP contribution in [-0.4, -0.2) is 34.6 Å². The van der Waals surface area contributed by atoms with Crippen molar-refractivity contribution in [2.75, 3.05) is 5.75 Å². The van der Waals surface area contributed by atoms with Crippen molar-refractivity contribution in [1.29, 1.82) is 0 Å². The van der Waals surface area contributed by atoms with Crippen LogP contribution in [0.5, 0.6) is 0 Å². The lowest BCUT2D eigenvalue weighted by molar-refractivity contribution is -0.139. The summed E-state index contributed by atoms with van der Waals surface area (Å²) in [4.78, 5) is 27.6. The van der Waals surface area contributed by atoms with E-state index < -0.39 is 6.04 Å². The van der Waals surface area contributed by atoms with Gasteiger partial charge in [0.2, 0.25) is 11.8 Å². The molecular formula is C23H28Cl2N2O2S. The number of amides is 2. The van der Waals surface area contributed by atoms with Gasteiger partial charge in [0.15, 0.2) is 0 Å². The Bertz CT molecular complexity index is 826. The SMILES string of the molecule is CC[C@H](C(=O)NC(C)C)N(Cc1c(Cl)cccc1Cl)C(=O)CSCc1ccccc1. The van der Waals surface area contributed by atoms with E-state index in [1.165, 1.54) is 11.8 Å². The Hall–Kier alpha value is -1.69. The molecule has 0 saturated heterocycles. The molecule has 0 aliphatic rings. The second-order valence-electron chi connectivity index (χ2n) is 7.29. The molecule has 2 amide bonds. The van der Waals surface area contributed by atoms with E-state index in [4.69, 9.17) is 23.2 Å². The number of carbonyl (C=O) groups is 2. The van der Waals surface area contributed by atoms with Gasteiger partial charge in [-0.15, -0.1) is 11.8 Å². The Labute approximate surface area is 193 Å². The average Bonchev–Trinajstić information content (AvgIpc) is 2.70. The quantitative estimate of drug-likeness (QED) is 0.498. The van der Waals surface area contributed by atoms with Crippen molar-refractivity contribution in [3.8, 4) is 0 Å². The molecule has 0 saturated carbocycles. The van der Waals surface area contributed by atoms with E-state index in [1.54, 1.807) is 23.1 Å². The van der Waals surface area contributed by atoms with E-state index in [2.05, 4.69) is 5.32 Å². The fourth-order valence-electron chi connectivity index (χ4n) is 3.07. The first kappa shape index (κ1) is 24.6. The molecule has 2 rings (SSSR count). The zero-order valence-corrected chi connectivity index (χ0v) is 19.9. The summed E-state index contributed by atoms with van der Waals surface area (Å²) in [6, 6.07) is 14.6. The van der Waals surface area contributed by atoms with Gasteiger partial charge in [-0.1, -0.05) is 66.5 Å². The topological polar surface area (TPSA) is 49.4 Å². The molecule has 1 atom stereocenters. The zero-order chi connectivity index (χ0) is 22.1. The highest BCUT2D eigenvalue weighted by atomic mass is 35.5. The summed E-state index contributed by atoms with van der Waals surface area (Å²) in [6.45, 7) is 5.89. The van der Waals surface area contributed by atoms with E-state index in [1.807, 2.05) is 51.1 Å². The third-order valence-electron chi connectivity index (χ3n) is 4.54. The number of nitrogens with one attached hydrogen (secondary N) is 1. The van der Waals surface area contributed by atoms with Crippen LogP contribution in [-0.2, 0) is 21.9 Å². The first-order chi connectivity index (χ1) is 14.3. The van der Waals surface area contributed by atoms with Gasteiger partial charge in [-0.05, 0) is 38.0 Å². The molecule has 0 aliphatic carbocycles. The van der Waals surface area contributed by atoms with Gasteiger partial charge in [-0.3, -0.25) is 9.59 Å². The summed E-state index contributed by atoms with van der Waals surface area (Å²) >= 11 is 14.2. The second kappa shape index (κ2) is 12.2. The Morgan fingerprint density at radius 2 is 1.67 bits per heavy atom. The van der Waals surface area contributed by atoms with Crippen molar-refractivity contribution in [1.82, 2.24) is 10.2 Å². The molecule has 0 aromatic heterocycles. The first-order valence-corrected chi connectivity index (χ1v) is 11.9.